The van der Waals surface area contributed by atoms with E-state index in [4.69, 9.17) is 4.74 Å². The Labute approximate surface area is 174 Å². The molecule has 1 aromatic carbocycles. The van der Waals surface area contributed by atoms with Crippen LogP contribution in [0.5, 0.6) is 0 Å². The molecule has 6 amide bonds. The predicted molar refractivity (Wildman–Crippen MR) is 106 cm³/mol. The van der Waals surface area contributed by atoms with Crippen LogP contribution in [0.3, 0.4) is 0 Å². The number of benzene rings is 1. The highest BCUT2D eigenvalue weighted by Gasteiger charge is 2.49. The number of nitrogens with one attached hydrogen (secondary N) is 3. The van der Waals surface area contributed by atoms with Crippen LogP contribution in [0.15, 0.2) is 24.3 Å². The first-order valence-electron chi connectivity index (χ1n) is 9.47. The summed E-state index contributed by atoms with van der Waals surface area (Å²) in [5.41, 5.74) is 0.265. The standard InChI is InChI=1S/C20H26N4O6/c1-12(2)9-21-18(28)22-15(25)11-30-16(26)10-24-17(27)20(4,23-19(24)29)14-7-5-13(3)6-8-14/h5-8,12H,9-11H2,1-4H3,(H,23,29)(H2,21,22,25,28)/t20-/m0/s1. The molecule has 1 heterocycles. The minimum Gasteiger partial charge on any atom is -0.454 e. The van der Waals surface area contributed by atoms with Crippen molar-refractivity contribution in [3.05, 3.63) is 35.4 Å². The monoisotopic (exact) mass is 418 g/mol. The predicted octanol–water partition coefficient (Wildman–Crippen LogP) is 0.787. The second-order valence-corrected chi connectivity index (χ2v) is 7.63. The lowest BCUT2D eigenvalue weighted by Gasteiger charge is -2.22. The molecule has 162 valence electrons. The molecule has 3 N–H and O–H groups in total. The maximum atomic E-state index is 12.8. The molecule has 0 saturated carbocycles. The van der Waals surface area contributed by atoms with Gasteiger partial charge in [-0.1, -0.05) is 43.7 Å². The summed E-state index contributed by atoms with van der Waals surface area (Å²) in [7, 11) is 0. The molecular formula is C20H26N4O6. The van der Waals surface area contributed by atoms with Crippen LogP contribution in [0, 0.1) is 12.8 Å². The molecule has 0 aliphatic carbocycles. The Bertz CT molecular complexity index is 851. The summed E-state index contributed by atoms with van der Waals surface area (Å²) in [6.07, 6.45) is 0. The van der Waals surface area contributed by atoms with Crippen molar-refractivity contribution in [1.82, 2.24) is 20.9 Å². The lowest BCUT2D eigenvalue weighted by Crippen LogP contribution is -2.43. The van der Waals surface area contributed by atoms with Gasteiger partial charge < -0.3 is 15.4 Å². The normalized spacial score (nSPS) is 18.2. The molecule has 1 aliphatic heterocycles. The second-order valence-electron chi connectivity index (χ2n) is 7.63. The number of urea groups is 2. The summed E-state index contributed by atoms with van der Waals surface area (Å²) < 4.78 is 4.77. The number of rotatable bonds is 7. The third kappa shape index (κ3) is 5.56. The molecule has 0 radical (unpaired) electrons. The molecule has 1 saturated heterocycles. The van der Waals surface area contributed by atoms with Gasteiger partial charge in [0.05, 0.1) is 0 Å². The van der Waals surface area contributed by atoms with Gasteiger partial charge in [0.15, 0.2) is 6.61 Å². The zero-order valence-corrected chi connectivity index (χ0v) is 17.4. The van der Waals surface area contributed by atoms with Gasteiger partial charge in [0, 0.05) is 6.54 Å². The van der Waals surface area contributed by atoms with E-state index in [-0.39, 0.29) is 5.92 Å². The summed E-state index contributed by atoms with van der Waals surface area (Å²) in [6.45, 7) is 6.24. The largest absolute Gasteiger partial charge is 0.454 e. The maximum Gasteiger partial charge on any atom is 0.326 e. The number of aryl methyl sites for hydroxylation is 1. The number of hydrogen-bond donors (Lipinski definition) is 3. The number of ether oxygens (including phenoxy) is 1. The number of carbonyl (C=O) groups is 5. The van der Waals surface area contributed by atoms with Crippen LogP contribution in [-0.4, -0.2) is 54.4 Å². The molecule has 0 aromatic heterocycles. The first kappa shape index (κ1) is 22.9. The number of nitrogens with zero attached hydrogens (tertiary/aromatic N) is 1. The van der Waals surface area contributed by atoms with Gasteiger partial charge in [-0.2, -0.15) is 0 Å². The maximum absolute atomic E-state index is 12.8. The molecule has 1 aromatic rings. The van der Waals surface area contributed by atoms with Gasteiger partial charge in [-0.05, 0) is 25.3 Å². The van der Waals surface area contributed by atoms with E-state index >= 15 is 0 Å². The summed E-state index contributed by atoms with van der Waals surface area (Å²) in [6, 6.07) is 5.64. The van der Waals surface area contributed by atoms with Gasteiger partial charge in [0.1, 0.15) is 12.1 Å². The fourth-order valence-corrected chi connectivity index (χ4v) is 2.75. The molecule has 10 heteroatoms. The zero-order chi connectivity index (χ0) is 22.5. The summed E-state index contributed by atoms with van der Waals surface area (Å²) in [5, 5.41) is 7.08. The quantitative estimate of drug-likeness (QED) is 0.443. The third-order valence-corrected chi connectivity index (χ3v) is 4.48. The number of hydrogen-bond acceptors (Lipinski definition) is 6. The SMILES string of the molecule is Cc1ccc([C@]2(C)NC(=O)N(CC(=O)OCC(=O)NC(=O)NCC(C)C)C2=O)cc1. The van der Waals surface area contributed by atoms with E-state index in [0.29, 0.717) is 12.1 Å². The smallest absolute Gasteiger partial charge is 0.326 e. The van der Waals surface area contributed by atoms with Crippen molar-refractivity contribution in [3.63, 3.8) is 0 Å². The highest BCUT2D eigenvalue weighted by molar-refractivity contribution is 6.09. The first-order chi connectivity index (χ1) is 14.0. The second kappa shape index (κ2) is 9.38. The Morgan fingerprint density at radius 1 is 1.17 bits per heavy atom. The van der Waals surface area contributed by atoms with Crippen molar-refractivity contribution in [2.75, 3.05) is 19.7 Å². The van der Waals surface area contributed by atoms with E-state index < -0.39 is 48.5 Å². The fourth-order valence-electron chi connectivity index (χ4n) is 2.75. The fraction of sp³-hybridized carbons (Fsp3) is 0.450. The molecule has 10 nitrogen and oxygen atoms in total. The lowest BCUT2D eigenvalue weighted by atomic mass is 9.91. The van der Waals surface area contributed by atoms with Crippen LogP contribution in [0.1, 0.15) is 31.9 Å². The minimum absolute atomic E-state index is 0.207. The summed E-state index contributed by atoms with van der Waals surface area (Å²) in [4.78, 5) is 60.9. The van der Waals surface area contributed by atoms with E-state index in [1.165, 1.54) is 0 Å². The van der Waals surface area contributed by atoms with Crippen molar-refractivity contribution in [3.8, 4) is 0 Å². The van der Waals surface area contributed by atoms with Gasteiger partial charge in [-0.15, -0.1) is 0 Å². The Morgan fingerprint density at radius 2 is 1.80 bits per heavy atom. The van der Waals surface area contributed by atoms with Crippen LogP contribution in [-0.2, 0) is 24.7 Å². The number of imide groups is 2. The minimum atomic E-state index is -1.31. The first-order valence-corrected chi connectivity index (χ1v) is 9.47. The van der Waals surface area contributed by atoms with Crippen LogP contribution in [0.25, 0.3) is 0 Å². The number of carbonyl (C=O) groups excluding carboxylic acids is 5. The van der Waals surface area contributed by atoms with Gasteiger partial charge in [0.25, 0.3) is 11.8 Å². The van der Waals surface area contributed by atoms with Gasteiger partial charge >= 0.3 is 18.0 Å². The lowest BCUT2D eigenvalue weighted by molar-refractivity contribution is -0.150. The van der Waals surface area contributed by atoms with E-state index in [1.54, 1.807) is 19.1 Å². The average Bonchev–Trinajstić information content (AvgIpc) is 2.89. The van der Waals surface area contributed by atoms with Crippen molar-refractivity contribution in [1.29, 1.82) is 0 Å². The molecule has 1 atom stereocenters. The summed E-state index contributed by atoms with van der Waals surface area (Å²) in [5.74, 6) is -2.18. The Kier molecular flexibility index (Phi) is 7.14. The van der Waals surface area contributed by atoms with Gasteiger partial charge in [-0.25, -0.2) is 9.59 Å². The van der Waals surface area contributed by atoms with Gasteiger partial charge in [0.2, 0.25) is 0 Å². The average molecular weight is 418 g/mol. The van der Waals surface area contributed by atoms with E-state index in [1.807, 2.05) is 38.2 Å². The van der Waals surface area contributed by atoms with Gasteiger partial charge in [-0.3, -0.25) is 24.6 Å². The van der Waals surface area contributed by atoms with Crippen LogP contribution >= 0.6 is 0 Å². The van der Waals surface area contributed by atoms with Crippen molar-refractivity contribution < 1.29 is 28.7 Å². The number of esters is 1. The molecule has 1 fully saturated rings. The third-order valence-electron chi connectivity index (χ3n) is 4.48. The van der Waals surface area contributed by atoms with Crippen LogP contribution in [0.2, 0.25) is 0 Å². The van der Waals surface area contributed by atoms with Crippen LogP contribution in [0.4, 0.5) is 9.59 Å². The van der Waals surface area contributed by atoms with Crippen LogP contribution < -0.4 is 16.0 Å². The van der Waals surface area contributed by atoms with E-state index in [9.17, 15) is 24.0 Å². The van der Waals surface area contributed by atoms with Crippen molar-refractivity contribution in [2.45, 2.75) is 33.2 Å². The van der Waals surface area contributed by atoms with E-state index in [2.05, 4.69) is 10.6 Å². The van der Waals surface area contributed by atoms with Crippen molar-refractivity contribution >= 4 is 29.8 Å². The molecule has 2 rings (SSSR count). The topological polar surface area (TPSA) is 134 Å². The summed E-state index contributed by atoms with van der Waals surface area (Å²) >= 11 is 0. The Hall–Kier alpha value is -3.43. The Balaban J connectivity index is 1.88. The molecule has 30 heavy (non-hydrogen) atoms. The molecule has 1 aliphatic rings. The molecule has 0 bridgehead atoms. The molecular weight excluding hydrogens is 392 g/mol. The highest BCUT2D eigenvalue weighted by Crippen LogP contribution is 2.28. The molecule has 0 spiro atoms. The Morgan fingerprint density at radius 3 is 2.40 bits per heavy atom. The zero-order valence-electron chi connectivity index (χ0n) is 17.4. The van der Waals surface area contributed by atoms with E-state index in [0.717, 1.165) is 10.5 Å². The number of amides is 6. The molecule has 0 unspecified atom stereocenters. The van der Waals surface area contributed by atoms with Crippen molar-refractivity contribution in [2.24, 2.45) is 5.92 Å². The highest BCUT2D eigenvalue weighted by atomic mass is 16.5.